The van der Waals surface area contributed by atoms with Gasteiger partial charge in [-0.15, -0.1) is 0 Å². The fourth-order valence-corrected chi connectivity index (χ4v) is 7.48. The molecule has 40 heavy (non-hydrogen) atoms. The van der Waals surface area contributed by atoms with Crippen LogP contribution in [0.4, 0.5) is 11.4 Å². The Bertz CT molecular complexity index is 2340. The van der Waals surface area contributed by atoms with E-state index in [9.17, 15) is 0 Å². The topological polar surface area (TPSA) is 33.9 Å². The lowest BCUT2D eigenvalue weighted by molar-refractivity contribution is 0.540. The number of fused-ring (bicyclic) bond motifs is 12. The second-order valence-corrected chi connectivity index (χ2v) is 11.1. The van der Waals surface area contributed by atoms with Crippen LogP contribution in [0.5, 0.6) is 0 Å². The van der Waals surface area contributed by atoms with E-state index >= 15 is 0 Å². The van der Waals surface area contributed by atoms with Crippen LogP contribution in [0.15, 0.2) is 121 Å². The van der Waals surface area contributed by atoms with Gasteiger partial charge in [0.2, 0.25) is 0 Å². The van der Waals surface area contributed by atoms with Gasteiger partial charge in [-0.25, -0.2) is 0 Å². The molecule has 0 spiro atoms. The van der Waals surface area contributed by atoms with Crippen molar-refractivity contribution in [3.63, 3.8) is 0 Å². The normalized spacial score (nSPS) is 17.4. The van der Waals surface area contributed by atoms with Gasteiger partial charge in [0.1, 0.15) is 6.17 Å². The SMILES string of the molecule is c1ccc(-n2c3ccccc3c3cc4c5c6ccccc6cc6c5n(c4cc32)C2Nc3ccccc3NC62)cc1. The summed E-state index contributed by atoms with van der Waals surface area (Å²) < 4.78 is 4.98. The number of aromatic nitrogens is 2. The first-order chi connectivity index (χ1) is 19.8. The zero-order valence-corrected chi connectivity index (χ0v) is 21.6. The van der Waals surface area contributed by atoms with Crippen molar-refractivity contribution in [3.8, 4) is 5.69 Å². The molecular weight excluding hydrogens is 488 g/mol. The third kappa shape index (κ3) is 2.47. The van der Waals surface area contributed by atoms with Crippen molar-refractivity contribution in [2.45, 2.75) is 12.2 Å². The standard InChI is InChI=1S/C36H24N4/c1-2-11-22(12-3-1)39-30-17-9-6-14-24(30)25-19-26-32(20-31(25)39)40-35-27(18-21-10-4-5-13-23(21)33(26)35)34-36(40)38-29-16-8-7-15-28(29)37-34/h1-20,34,36-38H. The van der Waals surface area contributed by atoms with Gasteiger partial charge in [0.15, 0.2) is 0 Å². The van der Waals surface area contributed by atoms with Crippen LogP contribution in [0.1, 0.15) is 17.8 Å². The van der Waals surface area contributed by atoms with Crippen molar-refractivity contribution in [2.75, 3.05) is 10.6 Å². The Morgan fingerprint density at radius 1 is 0.525 bits per heavy atom. The summed E-state index contributed by atoms with van der Waals surface area (Å²) in [4.78, 5) is 0. The summed E-state index contributed by atoms with van der Waals surface area (Å²) in [5, 5.41) is 15.6. The molecule has 0 fully saturated rings. The lowest BCUT2D eigenvalue weighted by Gasteiger charge is -2.33. The van der Waals surface area contributed by atoms with Gasteiger partial charge in [0.25, 0.3) is 0 Å². The second kappa shape index (κ2) is 7.25. The average Bonchev–Trinajstić information content (AvgIpc) is 3.63. The molecule has 4 heterocycles. The maximum atomic E-state index is 3.91. The molecule has 188 valence electrons. The predicted octanol–water partition coefficient (Wildman–Crippen LogP) is 9.14. The lowest BCUT2D eigenvalue weighted by atomic mass is 9.95. The molecule has 8 aromatic rings. The highest BCUT2D eigenvalue weighted by atomic mass is 15.3. The Morgan fingerprint density at radius 2 is 1.25 bits per heavy atom. The fraction of sp³-hybridized carbons (Fsp3) is 0.0556. The highest BCUT2D eigenvalue weighted by Gasteiger charge is 2.40. The summed E-state index contributed by atoms with van der Waals surface area (Å²) in [6.45, 7) is 0. The van der Waals surface area contributed by atoms with Crippen LogP contribution in [-0.2, 0) is 0 Å². The Kier molecular flexibility index (Phi) is 3.75. The van der Waals surface area contributed by atoms with E-state index in [0.29, 0.717) is 0 Å². The molecule has 0 radical (unpaired) electrons. The minimum Gasteiger partial charge on any atom is -0.373 e. The Labute approximate surface area is 230 Å². The highest BCUT2D eigenvalue weighted by Crippen LogP contribution is 2.53. The zero-order chi connectivity index (χ0) is 25.9. The average molecular weight is 513 g/mol. The smallest absolute Gasteiger partial charge is 0.129 e. The summed E-state index contributed by atoms with van der Waals surface area (Å²) >= 11 is 0. The molecule has 2 atom stereocenters. The Hall–Kier alpha value is -5.22. The van der Waals surface area contributed by atoms with Crippen LogP contribution in [-0.4, -0.2) is 9.13 Å². The third-order valence-corrected chi connectivity index (χ3v) is 9.10. The summed E-state index contributed by atoms with van der Waals surface area (Å²) in [5.41, 5.74) is 9.91. The minimum absolute atomic E-state index is 0.0775. The van der Waals surface area contributed by atoms with Crippen LogP contribution >= 0.6 is 0 Å². The van der Waals surface area contributed by atoms with E-state index in [-0.39, 0.29) is 12.2 Å². The van der Waals surface area contributed by atoms with Gasteiger partial charge in [0.05, 0.1) is 39.5 Å². The van der Waals surface area contributed by atoms with E-state index in [1.807, 2.05) is 0 Å². The maximum absolute atomic E-state index is 3.91. The molecule has 6 aromatic carbocycles. The van der Waals surface area contributed by atoms with E-state index in [2.05, 4.69) is 141 Å². The predicted molar refractivity (Wildman–Crippen MR) is 167 cm³/mol. The van der Waals surface area contributed by atoms with Gasteiger partial charge in [-0.05, 0) is 59.3 Å². The first-order valence-electron chi connectivity index (χ1n) is 14.0. The van der Waals surface area contributed by atoms with E-state index in [0.717, 1.165) is 11.4 Å². The molecular formula is C36H24N4. The number of anilines is 2. The van der Waals surface area contributed by atoms with Gasteiger partial charge in [-0.2, -0.15) is 0 Å². The molecule has 4 heteroatoms. The summed E-state index contributed by atoms with van der Waals surface area (Å²) in [7, 11) is 0. The monoisotopic (exact) mass is 512 g/mol. The first-order valence-corrected chi connectivity index (χ1v) is 14.0. The summed E-state index contributed by atoms with van der Waals surface area (Å²) in [5.74, 6) is 0. The number of rotatable bonds is 1. The largest absolute Gasteiger partial charge is 0.373 e. The number of hydrogen-bond acceptors (Lipinski definition) is 2. The van der Waals surface area contributed by atoms with Crippen molar-refractivity contribution in [2.24, 2.45) is 0 Å². The Balaban J connectivity index is 1.39. The van der Waals surface area contributed by atoms with Crippen molar-refractivity contribution in [3.05, 3.63) is 127 Å². The minimum atomic E-state index is 0.0775. The van der Waals surface area contributed by atoms with Gasteiger partial charge in [-0.1, -0.05) is 72.8 Å². The van der Waals surface area contributed by atoms with Crippen LogP contribution in [0.2, 0.25) is 0 Å². The molecule has 0 saturated heterocycles. The van der Waals surface area contributed by atoms with Crippen LogP contribution in [0.3, 0.4) is 0 Å². The van der Waals surface area contributed by atoms with E-state index < -0.39 is 0 Å². The van der Waals surface area contributed by atoms with Crippen LogP contribution in [0.25, 0.3) is 60.1 Å². The van der Waals surface area contributed by atoms with E-state index in [1.54, 1.807) is 0 Å². The molecule has 0 bridgehead atoms. The molecule has 2 aliphatic rings. The van der Waals surface area contributed by atoms with Crippen LogP contribution < -0.4 is 10.6 Å². The summed E-state index contributed by atoms with van der Waals surface area (Å²) in [6.07, 6.45) is 0.0775. The van der Waals surface area contributed by atoms with Gasteiger partial charge >= 0.3 is 0 Å². The molecule has 4 nitrogen and oxygen atoms in total. The molecule has 10 rings (SSSR count). The molecule has 2 aromatic heterocycles. The third-order valence-electron chi connectivity index (χ3n) is 9.10. The van der Waals surface area contributed by atoms with Crippen molar-refractivity contribution in [1.82, 2.24) is 9.13 Å². The van der Waals surface area contributed by atoms with Crippen molar-refractivity contribution in [1.29, 1.82) is 0 Å². The zero-order valence-electron chi connectivity index (χ0n) is 21.6. The van der Waals surface area contributed by atoms with Gasteiger partial charge in [-0.3, -0.25) is 0 Å². The number of hydrogen-bond donors (Lipinski definition) is 2. The van der Waals surface area contributed by atoms with Crippen molar-refractivity contribution >= 4 is 65.8 Å². The first kappa shape index (κ1) is 20.7. The quantitative estimate of drug-likeness (QED) is 0.230. The highest BCUT2D eigenvalue weighted by molar-refractivity contribution is 6.26. The molecule has 0 saturated carbocycles. The van der Waals surface area contributed by atoms with E-state index in [1.165, 1.54) is 65.6 Å². The van der Waals surface area contributed by atoms with E-state index in [4.69, 9.17) is 0 Å². The van der Waals surface area contributed by atoms with Gasteiger partial charge in [0, 0.05) is 32.8 Å². The molecule has 2 N–H and O–H groups in total. The van der Waals surface area contributed by atoms with Crippen LogP contribution in [0, 0.1) is 0 Å². The van der Waals surface area contributed by atoms with Crippen molar-refractivity contribution < 1.29 is 0 Å². The number of nitrogens with zero attached hydrogens (tertiary/aromatic N) is 2. The Morgan fingerprint density at radius 3 is 2.12 bits per heavy atom. The molecule has 0 amide bonds. The number of nitrogens with one attached hydrogen (secondary N) is 2. The molecule has 2 aliphatic heterocycles. The fourth-order valence-electron chi connectivity index (χ4n) is 7.48. The molecule has 0 aliphatic carbocycles. The molecule has 2 unspecified atom stereocenters. The summed E-state index contributed by atoms with van der Waals surface area (Å²) in [6, 6.07) is 44.4. The van der Waals surface area contributed by atoms with Gasteiger partial charge < -0.3 is 19.8 Å². The second-order valence-electron chi connectivity index (χ2n) is 11.1. The number of para-hydroxylation sites is 4. The number of benzene rings is 6. The lowest BCUT2D eigenvalue weighted by Crippen LogP contribution is -2.29. The maximum Gasteiger partial charge on any atom is 0.129 e.